The van der Waals surface area contributed by atoms with Gasteiger partial charge >= 0.3 is 5.97 Å². The van der Waals surface area contributed by atoms with Crippen molar-refractivity contribution in [2.75, 3.05) is 6.54 Å². The Morgan fingerprint density at radius 1 is 1.20 bits per heavy atom. The maximum Gasteiger partial charge on any atom is 0.360 e. The van der Waals surface area contributed by atoms with Gasteiger partial charge in [0.25, 0.3) is 0 Å². The number of nitrogens with zero attached hydrogens (tertiary/aromatic N) is 2. The molecule has 0 aromatic carbocycles. The van der Waals surface area contributed by atoms with Gasteiger partial charge in [-0.3, -0.25) is 5.73 Å². The fraction of sp³-hybridized carbons (Fsp3) is 0.700. The highest BCUT2D eigenvalue weighted by Gasteiger charge is 2.40. The van der Waals surface area contributed by atoms with Crippen molar-refractivity contribution >= 4 is 11.8 Å². The maximum atomic E-state index is 11.2. The molecule has 0 radical (unpaired) electrons. The van der Waals surface area contributed by atoms with Crippen LogP contribution in [0.4, 0.5) is 0 Å². The van der Waals surface area contributed by atoms with Crippen molar-refractivity contribution in [3.8, 4) is 0 Å². The second kappa shape index (κ2) is 12.0. The number of carbonyl (C=O) groups is 1. The lowest BCUT2D eigenvalue weighted by atomic mass is 10.0. The monoisotopic (exact) mass is 350 g/mol. The molecule has 5 nitrogen and oxygen atoms in total. The van der Waals surface area contributed by atoms with Crippen LogP contribution < -0.4 is 5.73 Å². The quantitative estimate of drug-likeness (QED) is 0.258. The van der Waals surface area contributed by atoms with Gasteiger partial charge < -0.3 is 5.11 Å². The van der Waals surface area contributed by atoms with Crippen molar-refractivity contribution in [1.82, 2.24) is 0 Å². The van der Waals surface area contributed by atoms with E-state index in [-0.39, 0.29) is 17.2 Å². The number of aliphatic carboxylic acids is 1. The van der Waals surface area contributed by atoms with Crippen molar-refractivity contribution in [3.63, 3.8) is 0 Å². The molecule has 1 heterocycles. The lowest BCUT2D eigenvalue weighted by molar-refractivity contribution is -0.805. The summed E-state index contributed by atoms with van der Waals surface area (Å²) in [5.74, 6) is 0.0456. The molecule has 25 heavy (non-hydrogen) atoms. The van der Waals surface area contributed by atoms with Crippen LogP contribution in [0.1, 0.15) is 77.6 Å². The van der Waals surface area contributed by atoms with E-state index in [2.05, 4.69) is 11.6 Å². The zero-order chi connectivity index (χ0) is 18.5. The third kappa shape index (κ3) is 7.53. The molecule has 2 unspecified atom stereocenters. The Balaban J connectivity index is 2.17. The molecule has 2 atom stereocenters. The first-order valence-electron chi connectivity index (χ1n) is 9.73. The highest BCUT2D eigenvalue weighted by molar-refractivity contribution is 5.81. The molecule has 1 rings (SSSR count). The van der Waals surface area contributed by atoms with Gasteiger partial charge in [0.2, 0.25) is 5.84 Å². The zero-order valence-electron chi connectivity index (χ0n) is 15.8. The van der Waals surface area contributed by atoms with Crippen molar-refractivity contribution in [2.24, 2.45) is 10.7 Å². The van der Waals surface area contributed by atoms with Gasteiger partial charge in [0, 0.05) is 13.3 Å². The number of nitrogens with two attached hydrogens (primary N) is 1. The molecule has 0 saturated heterocycles. The molecule has 1 aliphatic heterocycles. The van der Waals surface area contributed by atoms with Crippen molar-refractivity contribution < 1.29 is 14.4 Å². The summed E-state index contributed by atoms with van der Waals surface area (Å²) in [7, 11) is 0. The molecule has 5 heteroatoms. The number of carboxylic acid groups (broad SMARTS) is 1. The van der Waals surface area contributed by atoms with Gasteiger partial charge in [-0.2, -0.15) is 0 Å². The van der Waals surface area contributed by atoms with Gasteiger partial charge in [-0.05, 0) is 19.3 Å². The molecule has 0 saturated carbocycles. The van der Waals surface area contributed by atoms with Gasteiger partial charge in [0.1, 0.15) is 12.4 Å². The Labute approximate surface area is 152 Å². The van der Waals surface area contributed by atoms with E-state index in [0.717, 1.165) is 25.1 Å². The first-order valence-corrected chi connectivity index (χ1v) is 9.73. The van der Waals surface area contributed by atoms with E-state index >= 15 is 0 Å². The average Bonchev–Trinajstić information content (AvgIpc) is 2.96. The summed E-state index contributed by atoms with van der Waals surface area (Å²) in [6.07, 6.45) is 18.5. The summed E-state index contributed by atoms with van der Waals surface area (Å²) in [6.45, 7) is 5.57. The SMILES string of the molecule is C=CCCCCCCCCCCCC1=NC=C[N+]1(CC(=O)O)C(C)N. The topological polar surface area (TPSA) is 75.7 Å². The molecule has 0 fully saturated rings. The van der Waals surface area contributed by atoms with Gasteiger partial charge in [0.15, 0.2) is 6.54 Å². The summed E-state index contributed by atoms with van der Waals surface area (Å²) in [5.41, 5.74) is 6.07. The van der Waals surface area contributed by atoms with Crippen LogP contribution in [-0.2, 0) is 4.79 Å². The van der Waals surface area contributed by atoms with Crippen molar-refractivity contribution in [3.05, 3.63) is 25.1 Å². The Kier molecular flexibility index (Phi) is 10.3. The number of carboxylic acids is 1. The normalized spacial score (nSPS) is 20.5. The molecule has 0 aromatic rings. The number of hydrogen-bond acceptors (Lipinski definition) is 3. The predicted molar refractivity (Wildman–Crippen MR) is 104 cm³/mol. The van der Waals surface area contributed by atoms with Crippen LogP contribution in [-0.4, -0.2) is 34.1 Å². The van der Waals surface area contributed by atoms with Crippen LogP contribution in [0.5, 0.6) is 0 Å². The first kappa shape index (κ1) is 21.6. The Bertz CT molecular complexity index is 472. The lowest BCUT2D eigenvalue weighted by Crippen LogP contribution is -2.59. The van der Waals surface area contributed by atoms with E-state index in [0.29, 0.717) is 0 Å². The zero-order valence-corrected chi connectivity index (χ0v) is 15.8. The van der Waals surface area contributed by atoms with Crippen LogP contribution in [0.2, 0.25) is 0 Å². The van der Waals surface area contributed by atoms with E-state index in [1.165, 1.54) is 51.4 Å². The van der Waals surface area contributed by atoms with Crippen LogP contribution in [0.15, 0.2) is 30.0 Å². The van der Waals surface area contributed by atoms with Crippen LogP contribution >= 0.6 is 0 Å². The van der Waals surface area contributed by atoms with Gasteiger partial charge in [-0.25, -0.2) is 14.3 Å². The number of hydrogen-bond donors (Lipinski definition) is 2. The summed E-state index contributed by atoms with van der Waals surface area (Å²) in [6, 6.07) is 0. The Morgan fingerprint density at radius 3 is 2.28 bits per heavy atom. The minimum Gasteiger partial charge on any atom is -0.477 e. The number of unbranched alkanes of at least 4 members (excludes halogenated alkanes) is 9. The smallest absolute Gasteiger partial charge is 0.360 e. The second-order valence-corrected chi connectivity index (χ2v) is 7.08. The van der Waals surface area contributed by atoms with Gasteiger partial charge in [0.05, 0.1) is 6.20 Å². The summed E-state index contributed by atoms with van der Waals surface area (Å²) >= 11 is 0. The van der Waals surface area contributed by atoms with Crippen LogP contribution in [0, 0.1) is 0 Å². The summed E-state index contributed by atoms with van der Waals surface area (Å²) < 4.78 is 0.167. The average molecular weight is 351 g/mol. The standard InChI is InChI=1S/C20H35N3O2/c1-3-4-5-6-7-8-9-10-11-12-13-14-19-22-15-16-23(19,18(2)21)17-20(24)25/h3,15-16,18H,1,4-14,17,21H2,2H3/p+1. The highest BCUT2D eigenvalue weighted by Crippen LogP contribution is 2.23. The molecule has 0 aromatic heterocycles. The van der Waals surface area contributed by atoms with E-state index < -0.39 is 5.97 Å². The number of allylic oxidation sites excluding steroid dienone is 1. The van der Waals surface area contributed by atoms with E-state index in [1.807, 2.05) is 19.2 Å². The molecular weight excluding hydrogens is 314 g/mol. The minimum atomic E-state index is -0.843. The molecule has 1 aliphatic rings. The largest absolute Gasteiger partial charge is 0.477 e. The molecule has 3 N–H and O–H groups in total. The Morgan fingerprint density at radius 2 is 1.76 bits per heavy atom. The van der Waals surface area contributed by atoms with E-state index in [4.69, 9.17) is 5.73 Å². The molecule has 142 valence electrons. The molecule has 0 spiro atoms. The predicted octanol–water partition coefficient (Wildman–Crippen LogP) is 4.55. The molecule has 0 amide bonds. The summed E-state index contributed by atoms with van der Waals surface area (Å²) in [5, 5.41) is 9.20. The van der Waals surface area contributed by atoms with E-state index in [9.17, 15) is 9.90 Å². The lowest BCUT2D eigenvalue weighted by Gasteiger charge is -2.34. The fourth-order valence-corrected chi connectivity index (χ4v) is 3.40. The van der Waals surface area contributed by atoms with Gasteiger partial charge in [-0.1, -0.05) is 51.0 Å². The van der Waals surface area contributed by atoms with Crippen molar-refractivity contribution in [2.45, 2.75) is 83.7 Å². The van der Waals surface area contributed by atoms with Gasteiger partial charge in [-0.15, -0.1) is 6.58 Å². The van der Waals surface area contributed by atoms with Crippen LogP contribution in [0.3, 0.4) is 0 Å². The maximum absolute atomic E-state index is 11.2. The number of quaternary nitrogens is 1. The molecule has 0 aliphatic carbocycles. The van der Waals surface area contributed by atoms with Crippen LogP contribution in [0.25, 0.3) is 0 Å². The highest BCUT2D eigenvalue weighted by atomic mass is 16.4. The number of rotatable bonds is 15. The summed E-state index contributed by atoms with van der Waals surface area (Å²) in [4.78, 5) is 15.6. The third-order valence-electron chi connectivity index (χ3n) is 4.97. The minimum absolute atomic E-state index is 0.0289. The Hall–Kier alpha value is -1.46. The second-order valence-electron chi connectivity index (χ2n) is 7.08. The number of aliphatic imine (C=N–C) groups is 1. The third-order valence-corrected chi connectivity index (χ3v) is 4.97. The molecule has 0 bridgehead atoms. The fourth-order valence-electron chi connectivity index (χ4n) is 3.40. The number of amidine groups is 1. The first-order chi connectivity index (χ1) is 12.0. The van der Waals surface area contributed by atoms with E-state index in [1.54, 1.807) is 6.20 Å². The van der Waals surface area contributed by atoms with Crippen molar-refractivity contribution in [1.29, 1.82) is 0 Å². The molecular formula is C20H36N3O2+.